The molecule has 1 aliphatic carbocycles. The quantitative estimate of drug-likeness (QED) is 0.708. The number of carbonyl (C=O) groups excluding carboxylic acids is 1. The van der Waals surface area contributed by atoms with E-state index < -0.39 is 10.0 Å². The molecule has 10 nitrogen and oxygen atoms in total. The zero-order valence-corrected chi connectivity index (χ0v) is 19.0. The predicted octanol–water partition coefficient (Wildman–Crippen LogP) is 1.07. The summed E-state index contributed by atoms with van der Waals surface area (Å²) in [5.41, 5.74) is 0.993. The standard InChI is InChI=1S/C21H29N5O5S/c1-32(28,29)24-17-3-2-9-26-18(17)12-30-15-6-4-14(5-7-15)16-11-25-10-8-22-21(25)23-20(16)31-13-19(26)27/h8,10-11,14-15,17-18,24H,2-7,9,12-13H2,1H3/t14?,15?,17-,18-/m0/s1. The van der Waals surface area contributed by atoms with Crippen LogP contribution in [0.4, 0.5) is 0 Å². The van der Waals surface area contributed by atoms with Crippen molar-refractivity contribution in [3.8, 4) is 5.88 Å². The predicted molar refractivity (Wildman–Crippen MR) is 116 cm³/mol. The maximum absolute atomic E-state index is 13.2. The zero-order valence-electron chi connectivity index (χ0n) is 18.1. The average molecular weight is 464 g/mol. The number of hydrogen-bond acceptors (Lipinski definition) is 7. The number of amides is 1. The van der Waals surface area contributed by atoms with Gasteiger partial charge in [0.1, 0.15) is 0 Å². The van der Waals surface area contributed by atoms with Crippen molar-refractivity contribution in [1.29, 1.82) is 0 Å². The Bertz CT molecular complexity index is 1100. The molecule has 2 aromatic heterocycles. The largest absolute Gasteiger partial charge is 0.467 e. The number of piperidine rings is 1. The molecule has 1 saturated carbocycles. The van der Waals surface area contributed by atoms with Crippen molar-refractivity contribution < 1.29 is 22.7 Å². The topological polar surface area (TPSA) is 115 Å². The van der Waals surface area contributed by atoms with Gasteiger partial charge in [0.05, 0.1) is 25.0 Å². The summed E-state index contributed by atoms with van der Waals surface area (Å²) in [6, 6.07) is -0.741. The molecule has 32 heavy (non-hydrogen) atoms. The minimum Gasteiger partial charge on any atom is -0.467 e. The van der Waals surface area contributed by atoms with Crippen molar-refractivity contribution in [2.45, 2.75) is 62.6 Å². The van der Waals surface area contributed by atoms with Crippen molar-refractivity contribution in [3.05, 3.63) is 24.2 Å². The smallest absolute Gasteiger partial charge is 0.260 e. The number of imidazole rings is 1. The lowest BCUT2D eigenvalue weighted by atomic mass is 9.83. The van der Waals surface area contributed by atoms with Gasteiger partial charge in [0.25, 0.3) is 5.91 Å². The van der Waals surface area contributed by atoms with E-state index in [1.54, 1.807) is 11.1 Å². The molecule has 6 rings (SSSR count). The van der Waals surface area contributed by atoms with Crippen molar-refractivity contribution in [1.82, 2.24) is 24.0 Å². The summed E-state index contributed by atoms with van der Waals surface area (Å²) >= 11 is 0. The van der Waals surface area contributed by atoms with Crippen LogP contribution in [-0.4, -0.2) is 77.8 Å². The van der Waals surface area contributed by atoms with Gasteiger partial charge >= 0.3 is 0 Å². The Morgan fingerprint density at radius 1 is 1.19 bits per heavy atom. The fourth-order valence-corrected chi connectivity index (χ4v) is 6.05. The molecule has 0 spiro atoms. The van der Waals surface area contributed by atoms with E-state index in [4.69, 9.17) is 9.47 Å². The third-order valence-corrected chi connectivity index (χ3v) is 7.52. The third kappa shape index (κ3) is 4.46. The maximum Gasteiger partial charge on any atom is 0.260 e. The molecule has 5 heterocycles. The van der Waals surface area contributed by atoms with Gasteiger partial charge in [0, 0.05) is 36.7 Å². The highest BCUT2D eigenvalue weighted by Crippen LogP contribution is 2.38. The molecule has 3 aliphatic heterocycles. The van der Waals surface area contributed by atoms with E-state index in [-0.39, 0.29) is 36.6 Å². The number of fused-ring (bicyclic) bond motifs is 6. The summed E-state index contributed by atoms with van der Waals surface area (Å²) in [7, 11) is -3.41. The summed E-state index contributed by atoms with van der Waals surface area (Å²) in [4.78, 5) is 23.7. The Kier molecular flexibility index (Phi) is 5.81. The Morgan fingerprint density at radius 3 is 2.78 bits per heavy atom. The van der Waals surface area contributed by atoms with E-state index in [1.807, 2.05) is 16.8 Å². The van der Waals surface area contributed by atoms with E-state index in [9.17, 15) is 13.2 Å². The summed E-state index contributed by atoms with van der Waals surface area (Å²) < 4.78 is 40.7. The molecule has 0 aromatic carbocycles. The van der Waals surface area contributed by atoms with E-state index in [2.05, 4.69) is 14.7 Å². The summed E-state index contributed by atoms with van der Waals surface area (Å²) in [5, 5.41) is 0. The molecular weight excluding hydrogens is 434 g/mol. The van der Waals surface area contributed by atoms with E-state index in [0.29, 0.717) is 37.7 Å². The van der Waals surface area contributed by atoms with Crippen molar-refractivity contribution >= 4 is 21.7 Å². The second kappa shape index (κ2) is 8.60. The van der Waals surface area contributed by atoms with Gasteiger partial charge in [-0.2, -0.15) is 4.98 Å². The van der Waals surface area contributed by atoms with Gasteiger partial charge in [-0.1, -0.05) is 0 Å². The van der Waals surface area contributed by atoms with E-state index >= 15 is 0 Å². The molecule has 1 N–H and O–H groups in total. The molecule has 1 saturated heterocycles. The number of sulfonamides is 1. The summed E-state index contributed by atoms with van der Waals surface area (Å²) in [5.74, 6) is 1.08. The first-order chi connectivity index (χ1) is 15.4. The zero-order chi connectivity index (χ0) is 22.3. The van der Waals surface area contributed by atoms with E-state index in [0.717, 1.165) is 37.5 Å². The van der Waals surface area contributed by atoms with Gasteiger partial charge in [0.2, 0.25) is 21.7 Å². The molecule has 2 aromatic rings. The minimum absolute atomic E-state index is 0.0964. The lowest BCUT2D eigenvalue weighted by molar-refractivity contribution is -0.140. The second-order valence-electron chi connectivity index (χ2n) is 9.02. The Morgan fingerprint density at radius 2 is 2.00 bits per heavy atom. The molecule has 2 bridgehead atoms. The lowest BCUT2D eigenvalue weighted by Crippen LogP contribution is -2.59. The second-order valence-corrected chi connectivity index (χ2v) is 10.8. The molecule has 1 amide bonds. The maximum atomic E-state index is 13.2. The van der Waals surface area contributed by atoms with Crippen LogP contribution in [-0.2, 0) is 19.6 Å². The van der Waals surface area contributed by atoms with Gasteiger partial charge in [-0.15, -0.1) is 0 Å². The van der Waals surface area contributed by atoms with Crippen LogP contribution < -0.4 is 9.46 Å². The van der Waals surface area contributed by atoms with Crippen LogP contribution in [0.1, 0.15) is 50.0 Å². The number of carbonyl (C=O) groups is 1. The average Bonchev–Trinajstić information content (AvgIpc) is 3.22. The normalized spacial score (nSPS) is 29.4. The Labute approximate surface area is 187 Å². The molecule has 2 fully saturated rings. The van der Waals surface area contributed by atoms with Gasteiger partial charge in [-0.3, -0.25) is 9.20 Å². The molecule has 0 radical (unpaired) electrons. The van der Waals surface area contributed by atoms with Gasteiger partial charge in [-0.25, -0.2) is 18.1 Å². The van der Waals surface area contributed by atoms with Crippen molar-refractivity contribution in [2.75, 3.05) is 26.0 Å². The first-order valence-corrected chi connectivity index (χ1v) is 13.1. The molecule has 11 heteroatoms. The third-order valence-electron chi connectivity index (χ3n) is 6.79. The Hall–Kier alpha value is -2.24. The fourth-order valence-electron chi connectivity index (χ4n) is 5.22. The molecule has 4 aliphatic rings. The highest BCUT2D eigenvalue weighted by Gasteiger charge is 2.38. The number of rotatable bonds is 2. The highest BCUT2D eigenvalue weighted by atomic mass is 32.2. The molecule has 0 unspecified atom stereocenters. The summed E-state index contributed by atoms with van der Waals surface area (Å²) in [6.07, 6.45) is 11.9. The molecular formula is C21H29N5O5S. The van der Waals surface area contributed by atoms with Crippen LogP contribution in [0, 0.1) is 0 Å². The van der Waals surface area contributed by atoms with E-state index in [1.165, 1.54) is 0 Å². The Balaban J connectivity index is 1.47. The van der Waals surface area contributed by atoms with Crippen molar-refractivity contribution in [3.63, 3.8) is 0 Å². The SMILES string of the molecule is CS(=O)(=O)N[C@H]1CCCN2C(=O)COc3nc4nccn4cc3C3CCC(CC3)OC[C@@H]12. The number of nitrogens with zero attached hydrogens (tertiary/aromatic N) is 4. The van der Waals surface area contributed by atoms with Crippen LogP contribution in [0.5, 0.6) is 5.88 Å². The van der Waals surface area contributed by atoms with Gasteiger partial charge < -0.3 is 14.4 Å². The molecule has 174 valence electrons. The minimum atomic E-state index is -3.41. The van der Waals surface area contributed by atoms with Crippen LogP contribution >= 0.6 is 0 Å². The van der Waals surface area contributed by atoms with Crippen molar-refractivity contribution in [2.24, 2.45) is 0 Å². The van der Waals surface area contributed by atoms with Gasteiger partial charge in [-0.05, 0) is 44.4 Å². The number of hydrogen-bond donors (Lipinski definition) is 1. The lowest BCUT2D eigenvalue weighted by Gasteiger charge is -2.41. The number of aromatic nitrogens is 3. The number of nitrogens with one attached hydrogen (secondary N) is 1. The highest BCUT2D eigenvalue weighted by molar-refractivity contribution is 7.88. The first kappa shape index (κ1) is 21.6. The van der Waals surface area contributed by atoms with Crippen LogP contribution in [0.25, 0.3) is 5.78 Å². The van der Waals surface area contributed by atoms with Crippen LogP contribution in [0.2, 0.25) is 0 Å². The first-order valence-electron chi connectivity index (χ1n) is 11.2. The van der Waals surface area contributed by atoms with Crippen LogP contribution in [0.15, 0.2) is 18.6 Å². The number of ether oxygens (including phenoxy) is 2. The molecule has 2 atom stereocenters. The fraction of sp³-hybridized carbons (Fsp3) is 0.667. The van der Waals surface area contributed by atoms with Crippen LogP contribution in [0.3, 0.4) is 0 Å². The summed E-state index contributed by atoms with van der Waals surface area (Å²) in [6.45, 7) is 0.702. The monoisotopic (exact) mass is 463 g/mol. The van der Waals surface area contributed by atoms with Gasteiger partial charge in [0.15, 0.2) is 6.61 Å².